The molecule has 0 bridgehead atoms. The van der Waals surface area contributed by atoms with Gasteiger partial charge in [0.1, 0.15) is 5.75 Å². The first-order chi connectivity index (χ1) is 14.7. The molecular formula is C23H20N6O. The molecule has 5 aromatic rings. The lowest BCUT2D eigenvalue weighted by molar-refractivity contribution is 0.428. The number of aliphatic imine (C=N–C) groups is 1. The summed E-state index contributed by atoms with van der Waals surface area (Å²) in [4.78, 5) is 13.6. The van der Waals surface area contributed by atoms with E-state index in [1.165, 1.54) is 0 Å². The number of rotatable bonds is 5. The van der Waals surface area contributed by atoms with Gasteiger partial charge in [-0.25, -0.2) is 9.98 Å². The summed E-state index contributed by atoms with van der Waals surface area (Å²) < 4.78 is 11.9. The normalized spacial score (nSPS) is 12.1. The Morgan fingerprint density at radius 2 is 1.90 bits per heavy atom. The lowest BCUT2D eigenvalue weighted by atomic mass is 10.3. The molecule has 0 amide bonds. The molecule has 5 rings (SSSR count). The van der Waals surface area contributed by atoms with E-state index in [2.05, 4.69) is 15.0 Å². The average molecular weight is 396 g/mol. The van der Waals surface area contributed by atoms with Crippen molar-refractivity contribution in [2.45, 2.75) is 6.92 Å². The summed E-state index contributed by atoms with van der Waals surface area (Å²) in [5.74, 6) is 2.30. The summed E-state index contributed by atoms with van der Waals surface area (Å²) in [6, 6.07) is 16.3. The quantitative estimate of drug-likeness (QED) is 0.389. The Labute approximate surface area is 173 Å². The van der Waals surface area contributed by atoms with Gasteiger partial charge in [-0.1, -0.05) is 18.2 Å². The first-order valence-electron chi connectivity index (χ1n) is 9.64. The summed E-state index contributed by atoms with van der Waals surface area (Å²) in [6.45, 7) is 1.96. The Bertz CT molecular complexity index is 1380. The molecule has 3 aromatic heterocycles. The van der Waals surface area contributed by atoms with Gasteiger partial charge in [-0.2, -0.15) is 4.98 Å². The Morgan fingerprint density at radius 3 is 2.70 bits per heavy atom. The predicted molar refractivity (Wildman–Crippen MR) is 118 cm³/mol. The van der Waals surface area contributed by atoms with Crippen molar-refractivity contribution in [1.29, 1.82) is 0 Å². The molecule has 0 unspecified atom stereocenters. The van der Waals surface area contributed by atoms with E-state index in [9.17, 15) is 0 Å². The van der Waals surface area contributed by atoms with Crippen LogP contribution in [0, 0.1) is 0 Å². The summed E-state index contributed by atoms with van der Waals surface area (Å²) in [5.41, 5.74) is 2.88. The molecule has 7 heteroatoms. The first-order valence-corrected chi connectivity index (χ1v) is 9.64. The van der Waals surface area contributed by atoms with Crippen molar-refractivity contribution in [1.82, 2.24) is 23.5 Å². The minimum Gasteiger partial charge on any atom is -0.425 e. The van der Waals surface area contributed by atoms with E-state index >= 15 is 0 Å². The van der Waals surface area contributed by atoms with Crippen molar-refractivity contribution in [3.05, 3.63) is 79.3 Å². The van der Waals surface area contributed by atoms with Crippen LogP contribution < -0.4 is 4.74 Å². The second-order valence-corrected chi connectivity index (χ2v) is 6.80. The van der Waals surface area contributed by atoms with Crippen molar-refractivity contribution in [2.24, 2.45) is 12.0 Å². The maximum absolute atomic E-state index is 6.03. The number of aromatic nitrogens is 5. The number of allylic oxidation sites excluding steroid dienone is 2. The van der Waals surface area contributed by atoms with Gasteiger partial charge in [0.25, 0.3) is 0 Å². The fourth-order valence-electron chi connectivity index (χ4n) is 3.39. The number of aryl methyl sites for hydroxylation is 1. The molecule has 2 aromatic carbocycles. The fourth-order valence-corrected chi connectivity index (χ4v) is 3.39. The van der Waals surface area contributed by atoms with Crippen LogP contribution in [0.2, 0.25) is 0 Å². The van der Waals surface area contributed by atoms with Gasteiger partial charge in [0.05, 0.1) is 22.9 Å². The Hall–Kier alpha value is -4.13. The van der Waals surface area contributed by atoms with E-state index in [4.69, 9.17) is 4.74 Å². The third-order valence-corrected chi connectivity index (χ3v) is 4.87. The average Bonchev–Trinajstić information content (AvgIpc) is 3.43. The van der Waals surface area contributed by atoms with Crippen molar-refractivity contribution in [3.63, 3.8) is 0 Å². The van der Waals surface area contributed by atoms with Gasteiger partial charge in [0.15, 0.2) is 5.82 Å². The number of ether oxygens (including phenoxy) is 1. The van der Waals surface area contributed by atoms with Crippen molar-refractivity contribution >= 4 is 28.8 Å². The molecule has 0 aliphatic heterocycles. The van der Waals surface area contributed by atoms with Crippen LogP contribution in [0.1, 0.15) is 6.92 Å². The van der Waals surface area contributed by atoms with Crippen molar-refractivity contribution in [3.8, 4) is 17.4 Å². The lowest BCUT2D eigenvalue weighted by Crippen LogP contribution is -1.97. The Balaban J connectivity index is 1.48. The second-order valence-electron chi connectivity index (χ2n) is 6.80. The van der Waals surface area contributed by atoms with Gasteiger partial charge in [-0.3, -0.25) is 13.5 Å². The third kappa shape index (κ3) is 3.06. The monoisotopic (exact) mass is 396 g/mol. The summed E-state index contributed by atoms with van der Waals surface area (Å²) in [5, 5.41) is 0. The van der Waals surface area contributed by atoms with E-state index < -0.39 is 0 Å². The smallest absolute Gasteiger partial charge is 0.302 e. The first kappa shape index (κ1) is 17.9. The van der Waals surface area contributed by atoms with E-state index in [1.807, 2.05) is 101 Å². The number of benzene rings is 2. The van der Waals surface area contributed by atoms with Crippen LogP contribution in [0.4, 0.5) is 5.82 Å². The second kappa shape index (κ2) is 7.36. The molecule has 0 N–H and O–H groups in total. The molecule has 0 fully saturated rings. The van der Waals surface area contributed by atoms with E-state index in [0.29, 0.717) is 11.8 Å². The predicted octanol–water partition coefficient (Wildman–Crippen LogP) is 5.08. The van der Waals surface area contributed by atoms with Gasteiger partial charge >= 0.3 is 6.01 Å². The molecule has 3 heterocycles. The minimum absolute atomic E-state index is 0.553. The highest BCUT2D eigenvalue weighted by atomic mass is 16.5. The van der Waals surface area contributed by atoms with Gasteiger partial charge in [0, 0.05) is 25.7 Å². The molecule has 0 saturated carbocycles. The van der Waals surface area contributed by atoms with Crippen LogP contribution in [0.25, 0.3) is 22.5 Å². The highest BCUT2D eigenvalue weighted by Gasteiger charge is 2.12. The number of hydrogen-bond acceptors (Lipinski definition) is 4. The third-order valence-electron chi connectivity index (χ3n) is 4.87. The highest BCUT2D eigenvalue weighted by molar-refractivity contribution is 5.76. The fraction of sp³-hybridized carbons (Fsp3) is 0.0870. The van der Waals surface area contributed by atoms with Crippen molar-refractivity contribution < 1.29 is 4.74 Å². The zero-order valence-electron chi connectivity index (χ0n) is 16.7. The zero-order chi connectivity index (χ0) is 20.5. The minimum atomic E-state index is 0.553. The molecule has 0 aliphatic rings. The molecule has 0 atom stereocenters. The van der Waals surface area contributed by atoms with Crippen LogP contribution in [0.5, 0.6) is 11.8 Å². The number of para-hydroxylation sites is 2. The van der Waals surface area contributed by atoms with Crippen molar-refractivity contribution in [2.75, 3.05) is 0 Å². The molecule has 148 valence electrons. The maximum atomic E-state index is 6.03. The number of imidazole rings is 3. The van der Waals surface area contributed by atoms with E-state index in [1.54, 1.807) is 12.4 Å². The lowest BCUT2D eigenvalue weighted by Gasteiger charge is -2.08. The molecule has 0 spiro atoms. The standard InChI is InChI=1S/C23H20N6O/c1-3-4-13-24-21-16-28-15-14-25-22(28)29(21)17-9-11-18(12-10-17)30-23-26-19-7-5-6-8-20(19)27(23)2/h3-16H,1-2H3/b4-3-,24-13-. The summed E-state index contributed by atoms with van der Waals surface area (Å²) in [7, 11) is 1.95. The van der Waals surface area contributed by atoms with Gasteiger partial charge < -0.3 is 4.74 Å². The highest BCUT2D eigenvalue weighted by Crippen LogP contribution is 2.28. The van der Waals surface area contributed by atoms with E-state index in [-0.39, 0.29) is 0 Å². The van der Waals surface area contributed by atoms with Gasteiger partial charge in [-0.05, 0) is 49.4 Å². The van der Waals surface area contributed by atoms with Crippen LogP contribution in [0.15, 0.2) is 84.3 Å². The molecule has 7 nitrogen and oxygen atoms in total. The Kier molecular flexibility index (Phi) is 4.40. The SMILES string of the molecule is C/C=C\C=N/c1cn2ccnc2n1-c1ccc(Oc2nc3ccccc3n2C)cc1. The maximum Gasteiger partial charge on any atom is 0.302 e. The molecular weight excluding hydrogens is 376 g/mol. The van der Waals surface area contributed by atoms with Crippen LogP contribution >= 0.6 is 0 Å². The number of nitrogens with zero attached hydrogens (tertiary/aromatic N) is 6. The zero-order valence-corrected chi connectivity index (χ0v) is 16.7. The van der Waals surface area contributed by atoms with Crippen LogP contribution in [-0.4, -0.2) is 29.7 Å². The van der Waals surface area contributed by atoms with Gasteiger partial charge in [-0.15, -0.1) is 0 Å². The Morgan fingerprint density at radius 1 is 1.07 bits per heavy atom. The number of hydrogen-bond donors (Lipinski definition) is 0. The summed E-state index contributed by atoms with van der Waals surface area (Å²) in [6.07, 6.45) is 11.2. The van der Waals surface area contributed by atoms with E-state index in [0.717, 1.165) is 28.3 Å². The largest absolute Gasteiger partial charge is 0.425 e. The number of fused-ring (bicyclic) bond motifs is 2. The van der Waals surface area contributed by atoms with Crippen LogP contribution in [0.3, 0.4) is 0 Å². The topological polar surface area (TPSA) is 61.6 Å². The molecule has 0 radical (unpaired) electrons. The molecule has 30 heavy (non-hydrogen) atoms. The molecule has 0 aliphatic carbocycles. The van der Waals surface area contributed by atoms with Gasteiger partial charge in [0.2, 0.25) is 5.78 Å². The van der Waals surface area contributed by atoms with Crippen LogP contribution in [-0.2, 0) is 7.05 Å². The molecule has 0 saturated heterocycles. The summed E-state index contributed by atoms with van der Waals surface area (Å²) >= 11 is 0.